The lowest BCUT2D eigenvalue weighted by Crippen LogP contribution is -1.99. The average Bonchev–Trinajstić information content (AvgIpc) is 2.84. The van der Waals surface area contributed by atoms with Crippen LogP contribution in [0.3, 0.4) is 0 Å². The fourth-order valence-electron chi connectivity index (χ4n) is 2.31. The maximum absolute atomic E-state index is 10.5. The average molecular weight is 456 g/mol. The first-order chi connectivity index (χ1) is 15.7. The van der Waals surface area contributed by atoms with Crippen LogP contribution in [0.25, 0.3) is 0 Å². The summed E-state index contributed by atoms with van der Waals surface area (Å²) in [6.45, 7) is 0. The van der Waals surface area contributed by atoms with E-state index in [1.54, 1.807) is 42.5 Å². The van der Waals surface area contributed by atoms with Gasteiger partial charge in [0.1, 0.15) is 22.8 Å². The predicted molar refractivity (Wildman–Crippen MR) is 120 cm³/mol. The molecule has 0 saturated carbocycles. The topological polar surface area (TPSA) is 140 Å². The van der Waals surface area contributed by atoms with Gasteiger partial charge in [-0.15, -0.1) is 0 Å². The summed E-state index contributed by atoms with van der Waals surface area (Å²) in [4.78, 5) is 31.3. The second-order valence-electron chi connectivity index (χ2n) is 6.08. The molecule has 3 N–H and O–H groups in total. The summed E-state index contributed by atoms with van der Waals surface area (Å²) < 4.78 is 14.5. The molecular weight excluding hydrogens is 432 g/mol. The van der Waals surface area contributed by atoms with Gasteiger partial charge in [0.15, 0.2) is 0 Å². The Morgan fingerprint density at radius 1 is 0.576 bits per heavy atom. The van der Waals surface area contributed by atoms with Gasteiger partial charge in [-0.3, -0.25) is 0 Å². The third kappa shape index (κ3) is 9.01. The number of hydrogen-bond acceptors (Lipinski definition) is 6. The SMILES string of the molecule is COc1ccc(C(=O)O)cc1.COc1cccc(C(=O)O)c1.COc1ccccc1C(=O)O. The lowest BCUT2D eigenvalue weighted by molar-refractivity contribution is 0.0683. The van der Waals surface area contributed by atoms with Gasteiger partial charge in [0.05, 0.1) is 32.5 Å². The van der Waals surface area contributed by atoms with Crippen LogP contribution in [0.2, 0.25) is 0 Å². The normalized spacial score (nSPS) is 9.18. The third-order valence-electron chi connectivity index (χ3n) is 3.99. The molecule has 0 heterocycles. The van der Waals surface area contributed by atoms with Crippen molar-refractivity contribution in [2.75, 3.05) is 21.3 Å². The molecule has 3 aromatic carbocycles. The Bertz CT molecular complexity index is 1060. The number of carboxylic acids is 3. The van der Waals surface area contributed by atoms with Crippen molar-refractivity contribution in [1.29, 1.82) is 0 Å². The van der Waals surface area contributed by atoms with Crippen molar-refractivity contribution in [2.24, 2.45) is 0 Å². The zero-order valence-electron chi connectivity index (χ0n) is 18.2. The molecular formula is C24H24O9. The van der Waals surface area contributed by atoms with Crippen LogP contribution in [0.1, 0.15) is 31.1 Å². The van der Waals surface area contributed by atoms with Crippen LogP contribution in [-0.2, 0) is 0 Å². The third-order valence-corrected chi connectivity index (χ3v) is 3.99. The Kier molecular flexibility index (Phi) is 11.0. The first-order valence-electron chi connectivity index (χ1n) is 9.34. The molecule has 3 aromatic rings. The maximum Gasteiger partial charge on any atom is 0.339 e. The number of rotatable bonds is 6. The smallest absolute Gasteiger partial charge is 0.339 e. The molecule has 0 bridgehead atoms. The molecule has 0 spiro atoms. The number of methoxy groups -OCH3 is 3. The molecule has 0 aliphatic rings. The number of carboxylic acid groups (broad SMARTS) is 3. The van der Waals surface area contributed by atoms with Crippen molar-refractivity contribution in [3.63, 3.8) is 0 Å². The standard InChI is InChI=1S/3C8H8O3/c1-11-7-4-2-6(3-5-7)8(9)10;1-11-7-4-2-3-6(5-7)8(9)10;1-11-7-5-3-2-4-6(7)8(9)10/h3*2-5H,1H3,(H,9,10). The van der Waals surface area contributed by atoms with Gasteiger partial charge in [0, 0.05) is 0 Å². The van der Waals surface area contributed by atoms with E-state index in [1.807, 2.05) is 0 Å². The maximum atomic E-state index is 10.5. The van der Waals surface area contributed by atoms with Gasteiger partial charge < -0.3 is 29.5 Å². The molecule has 0 radical (unpaired) electrons. The van der Waals surface area contributed by atoms with Gasteiger partial charge in [0.25, 0.3) is 0 Å². The fourth-order valence-corrected chi connectivity index (χ4v) is 2.31. The number of aromatic carboxylic acids is 3. The van der Waals surface area contributed by atoms with Crippen LogP contribution < -0.4 is 14.2 Å². The molecule has 0 aliphatic carbocycles. The van der Waals surface area contributed by atoms with Crippen LogP contribution in [-0.4, -0.2) is 54.6 Å². The summed E-state index contributed by atoms with van der Waals surface area (Å²) in [6.07, 6.45) is 0. The molecule has 0 unspecified atom stereocenters. The Labute approximate surface area is 190 Å². The minimum absolute atomic E-state index is 0.190. The first-order valence-corrected chi connectivity index (χ1v) is 9.34. The molecule has 0 fully saturated rings. The molecule has 9 heteroatoms. The van der Waals surface area contributed by atoms with Crippen molar-refractivity contribution in [2.45, 2.75) is 0 Å². The highest BCUT2D eigenvalue weighted by molar-refractivity contribution is 5.90. The minimum atomic E-state index is -0.970. The van der Waals surface area contributed by atoms with Gasteiger partial charge in [-0.05, 0) is 54.6 Å². The zero-order valence-corrected chi connectivity index (χ0v) is 18.2. The largest absolute Gasteiger partial charge is 0.497 e. The molecule has 0 atom stereocenters. The molecule has 0 aromatic heterocycles. The summed E-state index contributed by atoms with van der Waals surface area (Å²) in [6, 6.07) is 19.1. The number of benzene rings is 3. The second-order valence-corrected chi connectivity index (χ2v) is 6.08. The predicted octanol–water partition coefficient (Wildman–Crippen LogP) is 4.18. The van der Waals surface area contributed by atoms with Gasteiger partial charge in [-0.25, -0.2) is 14.4 Å². The lowest BCUT2D eigenvalue weighted by atomic mass is 10.2. The summed E-state index contributed by atoms with van der Waals surface area (Å²) in [5.74, 6) is -1.22. The van der Waals surface area contributed by atoms with Gasteiger partial charge in [-0.2, -0.15) is 0 Å². The summed E-state index contributed by atoms with van der Waals surface area (Å²) >= 11 is 0. The Balaban J connectivity index is 0.000000247. The van der Waals surface area contributed by atoms with Crippen LogP contribution in [0.15, 0.2) is 72.8 Å². The van der Waals surface area contributed by atoms with Crippen LogP contribution in [0.5, 0.6) is 17.2 Å². The molecule has 33 heavy (non-hydrogen) atoms. The van der Waals surface area contributed by atoms with Gasteiger partial charge >= 0.3 is 17.9 Å². The summed E-state index contributed by atoms with van der Waals surface area (Å²) in [5.41, 5.74) is 0.699. The van der Waals surface area contributed by atoms with E-state index in [1.165, 1.54) is 51.7 Å². The van der Waals surface area contributed by atoms with Crippen LogP contribution in [0, 0.1) is 0 Å². The first kappa shape index (κ1) is 26.5. The van der Waals surface area contributed by atoms with E-state index in [9.17, 15) is 14.4 Å². The van der Waals surface area contributed by atoms with E-state index in [2.05, 4.69) is 0 Å². The second kappa shape index (κ2) is 13.7. The zero-order chi connectivity index (χ0) is 24.8. The molecule has 3 rings (SSSR count). The Morgan fingerprint density at radius 3 is 1.61 bits per heavy atom. The Hall–Kier alpha value is -4.53. The van der Waals surface area contributed by atoms with Crippen LogP contribution >= 0.6 is 0 Å². The number of ether oxygens (including phenoxy) is 3. The fraction of sp³-hybridized carbons (Fsp3) is 0.125. The number of para-hydroxylation sites is 1. The number of hydrogen-bond donors (Lipinski definition) is 3. The van der Waals surface area contributed by atoms with Crippen molar-refractivity contribution in [1.82, 2.24) is 0 Å². The highest BCUT2D eigenvalue weighted by Crippen LogP contribution is 2.16. The van der Waals surface area contributed by atoms with E-state index < -0.39 is 17.9 Å². The minimum Gasteiger partial charge on any atom is -0.497 e. The quantitative estimate of drug-likeness (QED) is 0.498. The van der Waals surface area contributed by atoms with E-state index in [-0.39, 0.29) is 16.7 Å². The molecule has 0 saturated heterocycles. The summed E-state index contributed by atoms with van der Waals surface area (Å²) in [7, 11) is 4.48. The molecule has 0 aliphatic heterocycles. The summed E-state index contributed by atoms with van der Waals surface area (Å²) in [5, 5.41) is 25.7. The van der Waals surface area contributed by atoms with Crippen LogP contribution in [0.4, 0.5) is 0 Å². The van der Waals surface area contributed by atoms with E-state index >= 15 is 0 Å². The lowest BCUT2D eigenvalue weighted by Gasteiger charge is -2.01. The number of carbonyl (C=O) groups is 3. The van der Waals surface area contributed by atoms with Crippen molar-refractivity contribution >= 4 is 17.9 Å². The van der Waals surface area contributed by atoms with Crippen molar-refractivity contribution in [3.8, 4) is 17.2 Å². The highest BCUT2D eigenvalue weighted by atomic mass is 16.5. The monoisotopic (exact) mass is 456 g/mol. The molecule has 174 valence electrons. The van der Waals surface area contributed by atoms with Crippen molar-refractivity contribution in [3.05, 3.63) is 89.5 Å². The van der Waals surface area contributed by atoms with E-state index in [4.69, 9.17) is 29.5 Å². The highest BCUT2D eigenvalue weighted by Gasteiger charge is 2.07. The van der Waals surface area contributed by atoms with Gasteiger partial charge in [0.2, 0.25) is 0 Å². The van der Waals surface area contributed by atoms with E-state index in [0.29, 0.717) is 17.2 Å². The van der Waals surface area contributed by atoms with Crippen molar-refractivity contribution < 1.29 is 43.9 Å². The van der Waals surface area contributed by atoms with Gasteiger partial charge in [-0.1, -0.05) is 18.2 Å². The molecule has 9 nitrogen and oxygen atoms in total. The Morgan fingerprint density at radius 2 is 1.15 bits per heavy atom. The van der Waals surface area contributed by atoms with E-state index in [0.717, 1.165) is 0 Å². The molecule has 0 amide bonds.